The number of aryl methyl sites for hydroxylation is 1. The van der Waals surface area contributed by atoms with Crippen LogP contribution in [0.25, 0.3) is 22.3 Å². The van der Waals surface area contributed by atoms with Crippen molar-refractivity contribution < 1.29 is 24.2 Å². The summed E-state index contributed by atoms with van der Waals surface area (Å²) in [6.07, 6.45) is -1.86. The van der Waals surface area contributed by atoms with E-state index in [9.17, 15) is 19.5 Å². The number of likely N-dealkylation sites (N-methyl/N-ethyl adjacent to an activating group) is 1. The van der Waals surface area contributed by atoms with Gasteiger partial charge in [-0.3, -0.25) is 4.79 Å². The number of benzene rings is 1. The van der Waals surface area contributed by atoms with Gasteiger partial charge in [0.05, 0.1) is 29.0 Å². The van der Waals surface area contributed by atoms with Gasteiger partial charge >= 0.3 is 12.1 Å². The predicted octanol–water partition coefficient (Wildman–Crippen LogP) is 1.96. The van der Waals surface area contributed by atoms with Crippen molar-refractivity contribution in [3.63, 3.8) is 0 Å². The summed E-state index contributed by atoms with van der Waals surface area (Å²) in [6, 6.07) is 7.22. The molecule has 0 aliphatic carbocycles. The van der Waals surface area contributed by atoms with Crippen molar-refractivity contribution in [1.82, 2.24) is 19.4 Å². The summed E-state index contributed by atoms with van der Waals surface area (Å²) in [6.45, 7) is 6.26. The number of rotatable bonds is 1. The van der Waals surface area contributed by atoms with Crippen LogP contribution in [-0.2, 0) is 22.7 Å². The number of hydrogen-bond donors (Lipinski definition) is 1. The van der Waals surface area contributed by atoms with Gasteiger partial charge in [-0.05, 0) is 45.2 Å². The molecule has 1 saturated heterocycles. The Balaban J connectivity index is 1.36. The van der Waals surface area contributed by atoms with E-state index in [4.69, 9.17) is 14.5 Å². The fourth-order valence-electron chi connectivity index (χ4n) is 5.40. The number of nitrogens with zero attached hydrogens (tertiary/aromatic N) is 4. The number of esters is 1. The number of pyridine rings is 2. The van der Waals surface area contributed by atoms with Crippen LogP contribution in [0.2, 0.25) is 0 Å². The fraction of sp³-hybridized carbons (Fsp3) is 0.385. The van der Waals surface area contributed by atoms with Crippen LogP contribution in [0.5, 0.6) is 5.75 Å². The molecule has 10 nitrogen and oxygen atoms in total. The summed E-state index contributed by atoms with van der Waals surface area (Å²) in [5.74, 6) is -0.289. The number of aliphatic hydroxyl groups is 1. The molecule has 186 valence electrons. The molecule has 2 aromatic heterocycles. The Kier molecular flexibility index (Phi) is 5.13. The van der Waals surface area contributed by atoms with Gasteiger partial charge in [0.2, 0.25) is 0 Å². The summed E-state index contributed by atoms with van der Waals surface area (Å²) in [5, 5.41) is 11.1. The van der Waals surface area contributed by atoms with E-state index in [2.05, 4.69) is 4.90 Å². The van der Waals surface area contributed by atoms with Gasteiger partial charge in [-0.15, -0.1) is 0 Å². The van der Waals surface area contributed by atoms with Gasteiger partial charge in [0.1, 0.15) is 12.4 Å². The van der Waals surface area contributed by atoms with Crippen LogP contribution in [0.4, 0.5) is 4.79 Å². The summed E-state index contributed by atoms with van der Waals surface area (Å²) < 4.78 is 12.3. The predicted molar refractivity (Wildman–Crippen MR) is 130 cm³/mol. The molecule has 6 rings (SSSR count). The number of piperazine rings is 1. The molecule has 5 heterocycles. The number of aromatic nitrogens is 2. The van der Waals surface area contributed by atoms with Crippen LogP contribution < -0.4 is 10.3 Å². The Morgan fingerprint density at radius 1 is 1.22 bits per heavy atom. The third-order valence-corrected chi connectivity index (χ3v) is 7.44. The van der Waals surface area contributed by atoms with E-state index < -0.39 is 12.1 Å². The molecule has 36 heavy (non-hydrogen) atoms. The first-order valence-corrected chi connectivity index (χ1v) is 11.9. The minimum absolute atomic E-state index is 0.0591. The molecule has 1 fully saturated rings. The standard InChI is InChI=1S/C26H26N4O6/c1-13-10-28(3)6-7-29(13)26(34)36-21-5-4-19-16(14(21)2)8-15-11-30-20(22(15)27-19)9-17-18(24(30)32)12-35-25(33)23(17)31/h4-5,8-9,13,23,31H,6-7,10-12H2,1-3H3/t13?,23-/m0/s1. The van der Waals surface area contributed by atoms with E-state index >= 15 is 0 Å². The highest BCUT2D eigenvalue weighted by Crippen LogP contribution is 2.37. The molecule has 3 aliphatic heterocycles. The van der Waals surface area contributed by atoms with Crippen molar-refractivity contribution in [2.24, 2.45) is 0 Å². The molecule has 2 atom stereocenters. The Morgan fingerprint density at radius 3 is 2.81 bits per heavy atom. The Hall–Kier alpha value is -3.76. The molecule has 1 N–H and O–H groups in total. The number of aliphatic hydroxyl groups excluding tert-OH is 1. The van der Waals surface area contributed by atoms with Gasteiger partial charge in [0, 0.05) is 47.8 Å². The molecule has 1 amide bonds. The molecule has 1 aromatic carbocycles. The van der Waals surface area contributed by atoms with Gasteiger partial charge in [0.15, 0.2) is 6.10 Å². The van der Waals surface area contributed by atoms with Crippen LogP contribution in [0.1, 0.15) is 35.3 Å². The summed E-state index contributed by atoms with van der Waals surface area (Å²) in [4.78, 5) is 46.6. The second kappa shape index (κ2) is 8.14. The van der Waals surface area contributed by atoms with Gasteiger partial charge in [0.25, 0.3) is 5.56 Å². The third-order valence-electron chi connectivity index (χ3n) is 7.44. The van der Waals surface area contributed by atoms with E-state index in [0.29, 0.717) is 35.7 Å². The average molecular weight is 491 g/mol. The summed E-state index contributed by atoms with van der Waals surface area (Å²) in [7, 11) is 2.04. The first kappa shape index (κ1) is 22.7. The first-order chi connectivity index (χ1) is 17.2. The van der Waals surface area contributed by atoms with Crippen molar-refractivity contribution >= 4 is 23.0 Å². The van der Waals surface area contributed by atoms with E-state index in [0.717, 1.165) is 29.6 Å². The Bertz CT molecular complexity index is 1510. The van der Waals surface area contributed by atoms with Gasteiger partial charge < -0.3 is 28.9 Å². The minimum Gasteiger partial charge on any atom is -0.458 e. The van der Waals surface area contributed by atoms with Crippen LogP contribution >= 0.6 is 0 Å². The highest BCUT2D eigenvalue weighted by Gasteiger charge is 2.34. The number of carbonyl (C=O) groups excluding carboxylic acids is 2. The van der Waals surface area contributed by atoms with Gasteiger partial charge in [-0.2, -0.15) is 0 Å². The van der Waals surface area contributed by atoms with E-state index in [1.54, 1.807) is 27.7 Å². The number of hydrogen-bond acceptors (Lipinski definition) is 8. The second-order valence-electron chi connectivity index (χ2n) is 9.79. The molecular weight excluding hydrogens is 464 g/mol. The number of fused-ring (bicyclic) bond motifs is 5. The topological polar surface area (TPSA) is 114 Å². The summed E-state index contributed by atoms with van der Waals surface area (Å²) >= 11 is 0. The van der Waals surface area contributed by atoms with Crippen LogP contribution in [0.15, 0.2) is 29.1 Å². The number of amides is 1. The molecule has 0 bridgehead atoms. The van der Waals surface area contributed by atoms with Crippen molar-refractivity contribution in [2.75, 3.05) is 26.7 Å². The quantitative estimate of drug-likeness (QED) is 0.403. The SMILES string of the molecule is Cc1c(OC(=O)N2CCN(C)CC2C)ccc2nc3c(cc12)Cn1c-3cc2c(c1=O)COC(=O)[C@H]2O. The Labute approximate surface area is 206 Å². The molecule has 0 saturated carbocycles. The Morgan fingerprint density at radius 2 is 2.03 bits per heavy atom. The average Bonchev–Trinajstić information content (AvgIpc) is 3.20. The van der Waals surface area contributed by atoms with E-state index in [1.807, 2.05) is 27.0 Å². The zero-order chi connectivity index (χ0) is 25.3. The lowest BCUT2D eigenvalue weighted by Crippen LogP contribution is -2.53. The monoisotopic (exact) mass is 490 g/mol. The normalized spacial score (nSPS) is 21.1. The highest BCUT2D eigenvalue weighted by molar-refractivity contribution is 5.89. The maximum absolute atomic E-state index is 13.1. The molecule has 1 unspecified atom stereocenters. The first-order valence-electron chi connectivity index (χ1n) is 11.9. The maximum Gasteiger partial charge on any atom is 0.415 e. The highest BCUT2D eigenvalue weighted by atomic mass is 16.6. The van der Waals surface area contributed by atoms with E-state index in [1.165, 1.54) is 0 Å². The molecule has 10 heteroatoms. The fourth-order valence-corrected chi connectivity index (χ4v) is 5.40. The van der Waals surface area contributed by atoms with Gasteiger partial charge in [-0.1, -0.05) is 0 Å². The van der Waals surface area contributed by atoms with Crippen molar-refractivity contribution in [1.29, 1.82) is 0 Å². The van der Waals surface area contributed by atoms with Crippen LogP contribution in [-0.4, -0.2) is 69.2 Å². The van der Waals surface area contributed by atoms with Crippen molar-refractivity contribution in [2.45, 2.75) is 39.1 Å². The molecule has 3 aromatic rings. The second-order valence-corrected chi connectivity index (χ2v) is 9.79. The van der Waals surface area contributed by atoms with Gasteiger partial charge in [-0.25, -0.2) is 14.6 Å². The zero-order valence-corrected chi connectivity index (χ0v) is 20.3. The van der Waals surface area contributed by atoms with Crippen molar-refractivity contribution in [3.05, 3.63) is 56.9 Å². The minimum atomic E-state index is -1.49. The van der Waals surface area contributed by atoms with Crippen LogP contribution in [0, 0.1) is 6.92 Å². The molecule has 0 spiro atoms. The maximum atomic E-state index is 13.1. The smallest absolute Gasteiger partial charge is 0.415 e. The molecule has 3 aliphatic rings. The lowest BCUT2D eigenvalue weighted by molar-refractivity contribution is -0.157. The summed E-state index contributed by atoms with van der Waals surface area (Å²) in [5.41, 5.74) is 3.75. The number of ether oxygens (including phenoxy) is 2. The number of carbonyl (C=O) groups is 2. The van der Waals surface area contributed by atoms with E-state index in [-0.39, 0.29) is 35.4 Å². The lowest BCUT2D eigenvalue weighted by Gasteiger charge is -2.37. The molecular formula is C26H26N4O6. The van der Waals surface area contributed by atoms with Crippen molar-refractivity contribution in [3.8, 4) is 17.1 Å². The molecule has 0 radical (unpaired) electrons. The largest absolute Gasteiger partial charge is 0.458 e. The van der Waals surface area contributed by atoms with Crippen LogP contribution in [0.3, 0.4) is 0 Å². The number of cyclic esters (lactones) is 1. The zero-order valence-electron chi connectivity index (χ0n) is 20.3. The lowest BCUT2D eigenvalue weighted by atomic mass is 10.00. The third kappa shape index (κ3) is 3.40.